The molecule has 2 fully saturated rings. The molecule has 1 atom stereocenters. The molecule has 2 amide bonds. The van der Waals surface area contributed by atoms with Crippen LogP contribution in [0, 0.1) is 0 Å². The lowest BCUT2D eigenvalue weighted by atomic mass is 10.1. The predicted molar refractivity (Wildman–Crippen MR) is 99.9 cm³/mol. The third-order valence-corrected chi connectivity index (χ3v) is 5.49. The lowest BCUT2D eigenvalue weighted by Gasteiger charge is -2.26. The molecule has 2 saturated heterocycles. The van der Waals surface area contributed by atoms with Crippen LogP contribution in [0.5, 0.6) is 0 Å². The Labute approximate surface area is 148 Å². The first-order valence-corrected chi connectivity index (χ1v) is 10.0. The molecule has 3 rings (SSSR count). The molecule has 0 aromatic heterocycles. The Morgan fingerprint density at radius 2 is 2.04 bits per heavy atom. The summed E-state index contributed by atoms with van der Waals surface area (Å²) in [5.41, 5.74) is 2.15. The zero-order valence-electron chi connectivity index (χ0n) is 14.1. The Hall–Kier alpha value is -1.24. The van der Waals surface area contributed by atoms with Gasteiger partial charge in [0.2, 0.25) is 0 Å². The second-order valence-corrected chi connectivity index (χ2v) is 7.60. The summed E-state index contributed by atoms with van der Waals surface area (Å²) in [5, 5.41) is 5.75. The molecule has 0 bridgehead atoms. The van der Waals surface area contributed by atoms with Crippen molar-refractivity contribution in [1.29, 1.82) is 0 Å². The van der Waals surface area contributed by atoms with Crippen molar-refractivity contribution in [1.82, 2.24) is 10.2 Å². The quantitative estimate of drug-likeness (QED) is 0.829. The summed E-state index contributed by atoms with van der Waals surface area (Å²) in [7, 11) is 0. The van der Waals surface area contributed by atoms with Crippen molar-refractivity contribution < 1.29 is 9.53 Å². The number of nitrogens with one attached hydrogen (secondary N) is 2. The number of thioether (sulfide) groups is 1. The predicted octanol–water partition coefficient (Wildman–Crippen LogP) is 2.58. The number of hydrogen-bond acceptors (Lipinski definition) is 4. The molecule has 2 heterocycles. The zero-order valence-corrected chi connectivity index (χ0v) is 14.9. The average molecular weight is 350 g/mol. The van der Waals surface area contributed by atoms with Crippen LogP contribution in [0.1, 0.15) is 18.4 Å². The summed E-state index contributed by atoms with van der Waals surface area (Å²) < 4.78 is 5.50. The Balaban J connectivity index is 1.37. The molecule has 2 aliphatic heterocycles. The van der Waals surface area contributed by atoms with Crippen molar-refractivity contribution >= 4 is 23.5 Å². The topological polar surface area (TPSA) is 53.6 Å². The van der Waals surface area contributed by atoms with E-state index >= 15 is 0 Å². The van der Waals surface area contributed by atoms with E-state index in [0.29, 0.717) is 6.54 Å². The number of urea groups is 1. The van der Waals surface area contributed by atoms with Crippen LogP contribution in [0.3, 0.4) is 0 Å². The summed E-state index contributed by atoms with van der Waals surface area (Å²) in [6.45, 7) is 4.92. The largest absolute Gasteiger partial charge is 0.376 e. The van der Waals surface area contributed by atoms with E-state index in [0.717, 1.165) is 38.1 Å². The van der Waals surface area contributed by atoms with Gasteiger partial charge in [0.25, 0.3) is 0 Å². The van der Waals surface area contributed by atoms with Crippen LogP contribution >= 0.6 is 11.8 Å². The summed E-state index contributed by atoms with van der Waals surface area (Å²) in [5.74, 6) is 2.51. The van der Waals surface area contributed by atoms with Gasteiger partial charge in [-0.15, -0.1) is 0 Å². The van der Waals surface area contributed by atoms with Crippen molar-refractivity contribution in [2.75, 3.05) is 49.6 Å². The molecule has 0 radical (unpaired) electrons. The number of amides is 2. The highest BCUT2D eigenvalue weighted by atomic mass is 32.2. The van der Waals surface area contributed by atoms with E-state index in [1.807, 2.05) is 23.9 Å². The fourth-order valence-electron chi connectivity index (χ4n) is 3.05. The number of carbonyl (C=O) groups excluding carboxylic acids is 1. The second kappa shape index (κ2) is 9.30. The number of benzene rings is 1. The van der Waals surface area contributed by atoms with E-state index in [2.05, 4.69) is 27.7 Å². The number of hydrogen-bond donors (Lipinski definition) is 2. The Morgan fingerprint density at radius 3 is 2.75 bits per heavy atom. The first-order valence-electron chi connectivity index (χ1n) is 8.85. The minimum absolute atomic E-state index is 0.163. The van der Waals surface area contributed by atoms with E-state index < -0.39 is 0 Å². The molecule has 0 saturated carbocycles. The molecule has 1 aromatic rings. The maximum atomic E-state index is 11.9. The molecule has 2 aliphatic rings. The van der Waals surface area contributed by atoms with Crippen molar-refractivity contribution in [3.63, 3.8) is 0 Å². The van der Waals surface area contributed by atoms with Crippen molar-refractivity contribution in [3.8, 4) is 0 Å². The van der Waals surface area contributed by atoms with Crippen LogP contribution in [0.2, 0.25) is 0 Å². The van der Waals surface area contributed by atoms with Gasteiger partial charge in [-0.3, -0.25) is 0 Å². The average Bonchev–Trinajstić information content (AvgIpc) is 3.14. The lowest BCUT2D eigenvalue weighted by Crippen LogP contribution is -2.35. The summed E-state index contributed by atoms with van der Waals surface area (Å²) in [6.07, 6.45) is 3.36. The molecular formula is C18H27N3O2S. The highest BCUT2D eigenvalue weighted by molar-refractivity contribution is 7.99. The zero-order chi connectivity index (χ0) is 16.6. The van der Waals surface area contributed by atoms with Gasteiger partial charge in [-0.1, -0.05) is 12.1 Å². The fourth-order valence-corrected chi connectivity index (χ4v) is 4.03. The lowest BCUT2D eigenvalue weighted by molar-refractivity contribution is 0.112. The monoisotopic (exact) mass is 349 g/mol. The van der Waals surface area contributed by atoms with E-state index in [1.165, 1.54) is 30.2 Å². The minimum atomic E-state index is -0.163. The number of anilines is 1. The molecular weight excluding hydrogens is 322 g/mol. The molecule has 6 heteroatoms. The smallest absolute Gasteiger partial charge is 0.319 e. The van der Waals surface area contributed by atoms with Gasteiger partial charge >= 0.3 is 6.03 Å². The molecule has 2 N–H and O–H groups in total. The first kappa shape index (κ1) is 17.6. The van der Waals surface area contributed by atoms with Gasteiger partial charge in [0.15, 0.2) is 0 Å². The van der Waals surface area contributed by atoms with Crippen LogP contribution in [0.25, 0.3) is 0 Å². The Kier molecular flexibility index (Phi) is 6.81. The standard InChI is InChI=1S/C18H27N3O2S/c22-18(19-14-17-2-1-11-23-17)20-16-5-3-15(4-6-16)7-8-21-9-12-24-13-10-21/h3-6,17H,1-2,7-14H2,(H2,19,20,22). The van der Waals surface area contributed by atoms with Crippen molar-refractivity contribution in [3.05, 3.63) is 29.8 Å². The maximum absolute atomic E-state index is 11.9. The molecule has 5 nitrogen and oxygen atoms in total. The molecule has 1 aromatic carbocycles. The SMILES string of the molecule is O=C(NCC1CCCO1)Nc1ccc(CCN2CCSCC2)cc1. The molecule has 132 valence electrons. The number of carbonyl (C=O) groups is 1. The van der Waals surface area contributed by atoms with Gasteiger partial charge in [-0.25, -0.2) is 4.79 Å². The van der Waals surface area contributed by atoms with Gasteiger partial charge in [0.05, 0.1) is 6.10 Å². The highest BCUT2D eigenvalue weighted by Gasteiger charge is 2.16. The van der Waals surface area contributed by atoms with Gasteiger partial charge in [0.1, 0.15) is 0 Å². The van der Waals surface area contributed by atoms with E-state index in [1.54, 1.807) is 0 Å². The summed E-state index contributed by atoms with van der Waals surface area (Å²) in [4.78, 5) is 14.4. The van der Waals surface area contributed by atoms with Crippen LogP contribution in [-0.4, -0.2) is 61.3 Å². The summed E-state index contributed by atoms with van der Waals surface area (Å²) >= 11 is 2.04. The number of nitrogens with zero attached hydrogens (tertiary/aromatic N) is 1. The fraction of sp³-hybridized carbons (Fsp3) is 0.611. The van der Waals surface area contributed by atoms with E-state index in [-0.39, 0.29) is 12.1 Å². The third kappa shape index (κ3) is 5.69. The first-order chi connectivity index (χ1) is 11.8. The van der Waals surface area contributed by atoms with Crippen LogP contribution < -0.4 is 10.6 Å². The van der Waals surface area contributed by atoms with Gasteiger partial charge < -0.3 is 20.3 Å². The maximum Gasteiger partial charge on any atom is 0.319 e. The molecule has 0 spiro atoms. The number of ether oxygens (including phenoxy) is 1. The van der Waals surface area contributed by atoms with Crippen LogP contribution in [0.4, 0.5) is 10.5 Å². The summed E-state index contributed by atoms with van der Waals surface area (Å²) in [6, 6.07) is 8.01. The Bertz CT molecular complexity index is 512. The third-order valence-electron chi connectivity index (χ3n) is 4.55. The van der Waals surface area contributed by atoms with Gasteiger partial charge in [-0.2, -0.15) is 11.8 Å². The highest BCUT2D eigenvalue weighted by Crippen LogP contribution is 2.13. The molecule has 24 heavy (non-hydrogen) atoms. The van der Waals surface area contributed by atoms with Gasteiger partial charge in [-0.05, 0) is 37.0 Å². The van der Waals surface area contributed by atoms with Crippen LogP contribution in [0.15, 0.2) is 24.3 Å². The number of rotatable bonds is 6. The van der Waals surface area contributed by atoms with Crippen LogP contribution in [-0.2, 0) is 11.2 Å². The minimum Gasteiger partial charge on any atom is -0.376 e. The van der Waals surface area contributed by atoms with E-state index in [4.69, 9.17) is 4.74 Å². The molecule has 1 unspecified atom stereocenters. The van der Waals surface area contributed by atoms with Crippen molar-refractivity contribution in [2.45, 2.75) is 25.4 Å². The normalized spacial score (nSPS) is 21.6. The Morgan fingerprint density at radius 1 is 1.25 bits per heavy atom. The second-order valence-electron chi connectivity index (χ2n) is 6.37. The van der Waals surface area contributed by atoms with Crippen molar-refractivity contribution in [2.24, 2.45) is 0 Å². The molecule has 0 aliphatic carbocycles. The van der Waals surface area contributed by atoms with E-state index in [9.17, 15) is 4.79 Å². The van der Waals surface area contributed by atoms with Gasteiger partial charge in [0, 0.05) is 50.0 Å².